The van der Waals surface area contributed by atoms with Crippen molar-refractivity contribution < 1.29 is 33.1 Å². The number of nitro benzene ring substituents is 1. The summed E-state index contributed by atoms with van der Waals surface area (Å²) in [5.41, 5.74) is 4.05. The number of aliphatic hydroxyl groups is 1. The third-order valence-electron chi connectivity index (χ3n) is 10.6. The fourth-order valence-corrected chi connectivity index (χ4v) is 10.4. The summed E-state index contributed by atoms with van der Waals surface area (Å²) in [7, 11) is 0.146. The lowest BCUT2D eigenvalue weighted by Crippen LogP contribution is -2.31. The molecule has 0 saturated heterocycles. The Kier molecular flexibility index (Phi) is 12.1. The van der Waals surface area contributed by atoms with Gasteiger partial charge in [0.05, 0.1) is 36.5 Å². The minimum absolute atomic E-state index is 0.110. The highest BCUT2D eigenvalue weighted by Crippen LogP contribution is 2.43. The first-order valence-corrected chi connectivity index (χ1v) is 21.6. The summed E-state index contributed by atoms with van der Waals surface area (Å²) in [4.78, 5) is 25.0. The smallest absolute Gasteiger partial charge is 0.354 e. The third kappa shape index (κ3) is 7.86. The maximum absolute atomic E-state index is 14.8. The number of carbonyl (C=O) groups is 1. The van der Waals surface area contributed by atoms with Crippen LogP contribution in [0, 0.1) is 24.0 Å². The summed E-state index contributed by atoms with van der Waals surface area (Å²) >= 11 is 8.52. The Hall–Kier alpha value is -5.72. The van der Waals surface area contributed by atoms with E-state index in [0.717, 1.165) is 31.7 Å². The zero-order chi connectivity index (χ0) is 43.0. The van der Waals surface area contributed by atoms with Gasteiger partial charge in [0, 0.05) is 87.8 Å². The van der Waals surface area contributed by atoms with Crippen LogP contribution < -0.4 is 0 Å². The fraction of sp³-hybridized carbons (Fsp3) is 0.262. The predicted molar refractivity (Wildman–Crippen MR) is 230 cm³/mol. The van der Waals surface area contributed by atoms with Crippen molar-refractivity contribution >= 4 is 66.7 Å². The van der Waals surface area contributed by atoms with E-state index in [2.05, 4.69) is 5.10 Å². The highest BCUT2D eigenvalue weighted by atomic mass is 35.5. The molecule has 0 aliphatic rings. The van der Waals surface area contributed by atoms with Gasteiger partial charge in [-0.05, 0) is 67.6 Å². The number of esters is 1. The molecule has 0 aliphatic carbocycles. The lowest BCUT2D eigenvalue weighted by molar-refractivity contribution is -0.387. The molecular formula is C42H42ClN7O8S2. The van der Waals surface area contributed by atoms with E-state index in [1.54, 1.807) is 59.2 Å². The summed E-state index contributed by atoms with van der Waals surface area (Å²) in [6.07, 6.45) is 0.363. The number of phenolic OH excluding ortho intramolecular Hbond substituents is 1. The molecule has 7 aromatic rings. The van der Waals surface area contributed by atoms with Crippen LogP contribution in [0.25, 0.3) is 32.8 Å². The molecule has 7 rings (SSSR count). The number of nitrogens with zero attached hydrogens (tertiary/aromatic N) is 7. The van der Waals surface area contributed by atoms with Gasteiger partial charge in [-0.15, -0.1) is 11.8 Å². The molecule has 312 valence electrons. The molecule has 0 fully saturated rings. The maximum atomic E-state index is 14.8. The van der Waals surface area contributed by atoms with E-state index in [0.29, 0.717) is 68.4 Å². The second-order valence-electron chi connectivity index (χ2n) is 14.2. The summed E-state index contributed by atoms with van der Waals surface area (Å²) in [5.74, 6) is 0.0315. The van der Waals surface area contributed by atoms with E-state index in [9.17, 15) is 33.5 Å². The average Bonchev–Trinajstić information content (AvgIpc) is 3.83. The number of methoxy groups -OCH3 is 1. The first-order chi connectivity index (χ1) is 28.7. The highest BCUT2D eigenvalue weighted by Gasteiger charge is 2.35. The number of aliphatic hydroxyl groups excluding tert-OH is 1. The van der Waals surface area contributed by atoms with Crippen LogP contribution in [0.1, 0.15) is 45.2 Å². The number of aromatic nitrogens is 5. The molecule has 4 aromatic carbocycles. The molecule has 0 radical (unpaired) electrons. The lowest BCUT2D eigenvalue weighted by atomic mass is 9.96. The fourth-order valence-electron chi connectivity index (χ4n) is 7.62. The van der Waals surface area contributed by atoms with Gasteiger partial charge in [0.25, 0.3) is 15.7 Å². The Balaban J connectivity index is 1.32. The molecule has 0 unspecified atom stereocenters. The molecule has 0 saturated carbocycles. The molecule has 18 heteroatoms. The topological polar surface area (TPSA) is 188 Å². The molecular weight excluding hydrogens is 830 g/mol. The lowest BCUT2D eigenvalue weighted by Gasteiger charge is -2.21. The largest absolute Gasteiger partial charge is 0.507 e. The third-order valence-corrected chi connectivity index (χ3v) is 13.7. The Morgan fingerprint density at radius 1 is 0.983 bits per heavy atom. The number of carbonyl (C=O) groups excluding carboxylic acids is 1. The van der Waals surface area contributed by atoms with Crippen LogP contribution in [0.4, 0.5) is 5.69 Å². The van der Waals surface area contributed by atoms with E-state index in [-0.39, 0.29) is 31.1 Å². The molecule has 2 N–H and O–H groups in total. The standard InChI is InChI=1S/C42H42ClN7O8S2/c1-25-38-35(49(17-10-18-51)41(25)42(53)58-5)16-15-32(43)40(38)39-26(2)46(3)45-33(39)23-48(60(56,57)37-14-9-8-13-34(37)50(54)55)22-28-20-29(47(4)44-28)24-59-30-19-27-11-6-7-12-31(27)36(52)21-30/h6-9,11-16,19-21,51-52H,10,17-18,22-24H2,1-5H3. The van der Waals surface area contributed by atoms with Gasteiger partial charge in [-0.25, -0.2) is 13.2 Å². The summed E-state index contributed by atoms with van der Waals surface area (Å²) < 4.78 is 40.8. The van der Waals surface area contributed by atoms with E-state index in [1.165, 1.54) is 37.1 Å². The van der Waals surface area contributed by atoms with Gasteiger partial charge in [-0.1, -0.05) is 48.0 Å². The number of hydrogen-bond donors (Lipinski definition) is 2. The van der Waals surface area contributed by atoms with Crippen LogP contribution in [0.15, 0.2) is 88.7 Å². The number of para-hydroxylation sites is 1. The number of aryl methyl sites for hydroxylation is 4. The van der Waals surface area contributed by atoms with Crippen molar-refractivity contribution in [3.8, 4) is 16.9 Å². The summed E-state index contributed by atoms with van der Waals surface area (Å²) in [6, 6.07) is 21.7. The summed E-state index contributed by atoms with van der Waals surface area (Å²) in [6.45, 7) is 3.17. The quantitative estimate of drug-likeness (QED) is 0.0446. The van der Waals surface area contributed by atoms with Gasteiger partial charge in [-0.2, -0.15) is 14.5 Å². The average molecular weight is 872 g/mol. The van der Waals surface area contributed by atoms with Crippen molar-refractivity contribution in [2.45, 2.75) is 55.4 Å². The van der Waals surface area contributed by atoms with Gasteiger partial charge in [-0.3, -0.25) is 19.5 Å². The number of ether oxygens (including phenoxy) is 1. The number of aromatic hydroxyl groups is 1. The van der Waals surface area contributed by atoms with Crippen molar-refractivity contribution in [2.24, 2.45) is 14.1 Å². The van der Waals surface area contributed by atoms with Crippen molar-refractivity contribution in [1.82, 2.24) is 28.4 Å². The van der Waals surface area contributed by atoms with Crippen LogP contribution in [-0.4, -0.2) is 71.7 Å². The second-order valence-corrected chi connectivity index (χ2v) is 17.6. The van der Waals surface area contributed by atoms with Crippen LogP contribution in [-0.2, 0) is 54.2 Å². The Morgan fingerprint density at radius 2 is 1.72 bits per heavy atom. The zero-order valence-corrected chi connectivity index (χ0v) is 35.8. The molecule has 0 bridgehead atoms. The van der Waals surface area contributed by atoms with E-state index < -0.39 is 31.5 Å². The molecule has 3 aromatic heterocycles. The monoisotopic (exact) mass is 871 g/mol. The number of thioether (sulfide) groups is 1. The molecule has 0 spiro atoms. The number of halogens is 1. The number of benzene rings is 4. The van der Waals surface area contributed by atoms with Gasteiger partial charge in [0.1, 0.15) is 11.4 Å². The van der Waals surface area contributed by atoms with Crippen LogP contribution >= 0.6 is 23.4 Å². The van der Waals surface area contributed by atoms with Gasteiger partial charge < -0.3 is 19.5 Å². The van der Waals surface area contributed by atoms with Crippen LogP contribution in [0.5, 0.6) is 5.75 Å². The first kappa shape index (κ1) is 42.4. The Morgan fingerprint density at radius 3 is 2.45 bits per heavy atom. The first-order valence-electron chi connectivity index (χ1n) is 18.8. The van der Waals surface area contributed by atoms with Gasteiger partial charge in [0.15, 0.2) is 4.90 Å². The van der Waals surface area contributed by atoms with Crippen LogP contribution in [0.3, 0.4) is 0 Å². The second kappa shape index (κ2) is 17.1. The minimum atomic E-state index is -4.61. The van der Waals surface area contributed by atoms with E-state index in [1.807, 2.05) is 37.3 Å². The minimum Gasteiger partial charge on any atom is -0.507 e. The number of rotatable bonds is 15. The zero-order valence-electron chi connectivity index (χ0n) is 33.4. The molecule has 15 nitrogen and oxygen atoms in total. The highest BCUT2D eigenvalue weighted by molar-refractivity contribution is 7.98. The summed E-state index contributed by atoms with van der Waals surface area (Å²) in [5, 5.41) is 44.6. The number of phenols is 1. The number of hydrogen-bond acceptors (Lipinski definition) is 11. The molecule has 0 atom stereocenters. The van der Waals surface area contributed by atoms with Crippen molar-refractivity contribution in [2.75, 3.05) is 13.7 Å². The predicted octanol–water partition coefficient (Wildman–Crippen LogP) is 7.66. The van der Waals surface area contributed by atoms with Gasteiger partial charge >= 0.3 is 5.97 Å². The van der Waals surface area contributed by atoms with E-state index >= 15 is 0 Å². The normalized spacial score (nSPS) is 11.9. The number of nitro groups is 1. The Labute approximate surface area is 354 Å². The molecule has 60 heavy (non-hydrogen) atoms. The van der Waals surface area contributed by atoms with Crippen molar-refractivity contribution in [3.63, 3.8) is 0 Å². The molecule has 0 aliphatic heterocycles. The maximum Gasteiger partial charge on any atom is 0.354 e. The molecule has 3 heterocycles. The number of fused-ring (bicyclic) bond motifs is 2. The van der Waals surface area contributed by atoms with E-state index in [4.69, 9.17) is 21.4 Å². The SMILES string of the molecule is COC(=O)c1c(C)c2c(-c3c(CN(Cc4cc(CSc5cc(O)c6ccccc6c5)n(C)n4)S(=O)(=O)c4ccccc4[N+](=O)[O-])nn(C)c3C)c(Cl)ccc2n1CCCO. The number of sulfonamides is 1. The van der Waals surface area contributed by atoms with Crippen molar-refractivity contribution in [3.05, 3.63) is 128 Å². The van der Waals surface area contributed by atoms with Crippen molar-refractivity contribution in [1.29, 1.82) is 0 Å². The van der Waals surface area contributed by atoms with Gasteiger partial charge in [0.2, 0.25) is 0 Å². The molecule has 0 amide bonds. The Bertz CT molecular complexity index is 2920. The van der Waals surface area contributed by atoms with Crippen LogP contribution in [0.2, 0.25) is 5.02 Å².